The van der Waals surface area contributed by atoms with E-state index in [0.29, 0.717) is 38.6 Å². The summed E-state index contributed by atoms with van der Waals surface area (Å²) in [5, 5.41) is 9.54. The monoisotopic (exact) mass is 562 g/mol. The van der Waals surface area contributed by atoms with Crippen LogP contribution in [-0.2, 0) is 30.9 Å². The van der Waals surface area contributed by atoms with Gasteiger partial charge < -0.3 is 19.0 Å². The van der Waals surface area contributed by atoms with Gasteiger partial charge in [-0.05, 0) is 60.0 Å². The van der Waals surface area contributed by atoms with Crippen LogP contribution in [0.2, 0.25) is 0 Å². The molecule has 0 aliphatic heterocycles. The molecule has 1 aromatic heterocycles. The lowest BCUT2D eigenvalue weighted by Gasteiger charge is -2.21. The van der Waals surface area contributed by atoms with Gasteiger partial charge in [0.05, 0.1) is 18.8 Å². The van der Waals surface area contributed by atoms with Crippen molar-refractivity contribution in [1.29, 1.82) is 0 Å². The van der Waals surface area contributed by atoms with E-state index in [0.717, 1.165) is 45.2 Å². The third-order valence-corrected chi connectivity index (χ3v) is 6.76. The molecule has 0 aliphatic carbocycles. The van der Waals surface area contributed by atoms with Crippen molar-refractivity contribution in [1.82, 2.24) is 9.88 Å². The van der Waals surface area contributed by atoms with Crippen LogP contribution in [0, 0.1) is 6.92 Å². The summed E-state index contributed by atoms with van der Waals surface area (Å²) in [6, 6.07) is 35.4. The van der Waals surface area contributed by atoms with Crippen molar-refractivity contribution in [2.45, 2.75) is 33.0 Å². The first-order chi connectivity index (χ1) is 20.5. The Kier molecular flexibility index (Phi) is 9.65. The highest BCUT2D eigenvalue weighted by Crippen LogP contribution is 2.23. The molecule has 0 fully saturated rings. The molecule has 0 saturated carbocycles. The van der Waals surface area contributed by atoms with E-state index in [-0.39, 0.29) is 6.54 Å². The molecule has 0 saturated heterocycles. The zero-order valence-electron chi connectivity index (χ0n) is 23.6. The van der Waals surface area contributed by atoms with E-state index in [4.69, 9.17) is 13.9 Å². The molecule has 7 heteroatoms. The van der Waals surface area contributed by atoms with Gasteiger partial charge in [0.15, 0.2) is 0 Å². The predicted molar refractivity (Wildman–Crippen MR) is 161 cm³/mol. The normalized spacial score (nSPS) is 11.0. The highest BCUT2D eigenvalue weighted by Gasteiger charge is 2.14. The quantitative estimate of drug-likeness (QED) is 0.157. The van der Waals surface area contributed by atoms with Gasteiger partial charge in [-0.25, -0.2) is 4.98 Å². The number of aryl methyl sites for hydroxylation is 1. The van der Waals surface area contributed by atoms with Crippen LogP contribution in [0.5, 0.6) is 11.5 Å². The van der Waals surface area contributed by atoms with Crippen molar-refractivity contribution in [3.05, 3.63) is 137 Å². The number of rotatable bonds is 14. The summed E-state index contributed by atoms with van der Waals surface area (Å²) in [4.78, 5) is 18.2. The van der Waals surface area contributed by atoms with Gasteiger partial charge in [-0.1, -0.05) is 72.8 Å². The predicted octanol–water partition coefficient (Wildman–Crippen LogP) is 6.94. The molecular weight excluding hydrogens is 528 g/mol. The van der Waals surface area contributed by atoms with Crippen LogP contribution < -0.4 is 9.47 Å². The molecule has 5 aromatic rings. The van der Waals surface area contributed by atoms with E-state index < -0.39 is 5.97 Å². The Morgan fingerprint density at radius 1 is 0.786 bits per heavy atom. The third kappa shape index (κ3) is 8.32. The second-order valence-corrected chi connectivity index (χ2v) is 10.1. The summed E-state index contributed by atoms with van der Waals surface area (Å²) >= 11 is 0. The van der Waals surface area contributed by atoms with E-state index in [1.54, 1.807) is 0 Å². The number of carboxylic acids is 1. The largest absolute Gasteiger partial charge is 0.493 e. The standard InChI is InChI=1S/C35H34N2O5/c1-26-33(36-35(42-26)30-12-6-3-7-13-30)19-20-40-32-14-8-11-29(21-32)23-37(24-34(38)39)22-27-15-17-31(18-16-27)41-25-28-9-4-2-5-10-28/h2-18,21H,19-20,22-25H2,1H3,(H,38,39). The number of aliphatic carboxylic acids is 1. The van der Waals surface area contributed by atoms with Gasteiger partial charge in [0, 0.05) is 25.1 Å². The second kappa shape index (κ2) is 14.1. The zero-order valence-corrected chi connectivity index (χ0v) is 23.6. The maximum absolute atomic E-state index is 11.6. The second-order valence-electron chi connectivity index (χ2n) is 10.1. The van der Waals surface area contributed by atoms with Crippen molar-refractivity contribution in [2.75, 3.05) is 13.2 Å². The fourth-order valence-electron chi connectivity index (χ4n) is 4.67. The van der Waals surface area contributed by atoms with Crippen LogP contribution in [0.3, 0.4) is 0 Å². The Hall–Kier alpha value is -4.88. The maximum atomic E-state index is 11.6. The average molecular weight is 563 g/mol. The summed E-state index contributed by atoms with van der Waals surface area (Å²) in [6.07, 6.45) is 0.614. The minimum absolute atomic E-state index is 0.0769. The fourth-order valence-corrected chi connectivity index (χ4v) is 4.67. The molecule has 0 bridgehead atoms. The molecule has 0 amide bonds. The number of ether oxygens (including phenoxy) is 2. The summed E-state index contributed by atoms with van der Waals surface area (Å²) in [7, 11) is 0. The van der Waals surface area contributed by atoms with Gasteiger partial charge in [0.1, 0.15) is 23.9 Å². The van der Waals surface area contributed by atoms with E-state index in [1.165, 1.54) is 0 Å². The lowest BCUT2D eigenvalue weighted by molar-refractivity contribution is -0.138. The molecule has 0 unspecified atom stereocenters. The molecule has 214 valence electrons. The number of hydrogen-bond acceptors (Lipinski definition) is 6. The van der Waals surface area contributed by atoms with E-state index in [9.17, 15) is 9.90 Å². The lowest BCUT2D eigenvalue weighted by atomic mass is 10.1. The minimum Gasteiger partial charge on any atom is -0.493 e. The zero-order chi connectivity index (χ0) is 29.1. The maximum Gasteiger partial charge on any atom is 0.317 e. The van der Waals surface area contributed by atoms with Crippen LogP contribution in [0.25, 0.3) is 11.5 Å². The van der Waals surface area contributed by atoms with E-state index >= 15 is 0 Å². The summed E-state index contributed by atoms with van der Waals surface area (Å²) in [5.74, 6) is 2.02. The van der Waals surface area contributed by atoms with Crippen LogP contribution >= 0.6 is 0 Å². The van der Waals surface area contributed by atoms with Crippen molar-refractivity contribution in [3.8, 4) is 23.0 Å². The number of aromatic nitrogens is 1. The Labute approximate surface area is 246 Å². The Morgan fingerprint density at radius 2 is 1.48 bits per heavy atom. The molecule has 7 nitrogen and oxygen atoms in total. The SMILES string of the molecule is Cc1oc(-c2ccccc2)nc1CCOc1cccc(CN(CC(=O)O)Cc2ccc(OCc3ccccc3)cc2)c1. The molecule has 0 aliphatic rings. The molecule has 1 heterocycles. The van der Waals surface area contributed by atoms with Gasteiger partial charge >= 0.3 is 5.97 Å². The first-order valence-corrected chi connectivity index (χ1v) is 13.9. The highest BCUT2D eigenvalue weighted by molar-refractivity contribution is 5.69. The number of carbonyl (C=O) groups is 1. The minimum atomic E-state index is -0.872. The number of oxazole rings is 1. The van der Waals surface area contributed by atoms with Gasteiger partial charge in [0.25, 0.3) is 0 Å². The Bertz CT molecular complexity index is 1570. The molecule has 0 spiro atoms. The first kappa shape index (κ1) is 28.6. The van der Waals surface area contributed by atoms with Gasteiger partial charge in [-0.3, -0.25) is 9.69 Å². The molecule has 4 aromatic carbocycles. The van der Waals surface area contributed by atoms with Gasteiger partial charge in [-0.15, -0.1) is 0 Å². The number of benzene rings is 4. The average Bonchev–Trinajstić information content (AvgIpc) is 3.38. The molecular formula is C35H34N2O5. The summed E-state index contributed by atoms with van der Waals surface area (Å²) in [5.41, 5.74) is 4.90. The van der Waals surface area contributed by atoms with Crippen LogP contribution in [0.15, 0.2) is 114 Å². The van der Waals surface area contributed by atoms with Crippen LogP contribution in [0.4, 0.5) is 0 Å². The molecule has 1 N–H and O–H groups in total. The fraction of sp³-hybridized carbons (Fsp3) is 0.200. The van der Waals surface area contributed by atoms with E-state index in [1.807, 2.05) is 121 Å². The van der Waals surface area contributed by atoms with Gasteiger partial charge in [-0.2, -0.15) is 0 Å². The van der Waals surface area contributed by atoms with E-state index in [2.05, 4.69) is 4.98 Å². The van der Waals surface area contributed by atoms with Crippen molar-refractivity contribution >= 4 is 5.97 Å². The number of hydrogen-bond donors (Lipinski definition) is 1. The van der Waals surface area contributed by atoms with Crippen LogP contribution in [-0.4, -0.2) is 34.1 Å². The third-order valence-electron chi connectivity index (χ3n) is 6.76. The summed E-state index contributed by atoms with van der Waals surface area (Å²) < 4.78 is 17.8. The Balaban J connectivity index is 1.15. The molecule has 5 rings (SSSR count). The lowest BCUT2D eigenvalue weighted by Crippen LogP contribution is -2.29. The summed E-state index contributed by atoms with van der Waals surface area (Å²) in [6.45, 7) is 3.74. The molecule has 0 atom stereocenters. The molecule has 0 radical (unpaired) electrons. The smallest absolute Gasteiger partial charge is 0.317 e. The van der Waals surface area contributed by atoms with Crippen molar-refractivity contribution in [2.24, 2.45) is 0 Å². The first-order valence-electron chi connectivity index (χ1n) is 13.9. The highest BCUT2D eigenvalue weighted by atomic mass is 16.5. The molecule has 42 heavy (non-hydrogen) atoms. The van der Waals surface area contributed by atoms with Gasteiger partial charge in [0.2, 0.25) is 5.89 Å². The van der Waals surface area contributed by atoms with Crippen molar-refractivity contribution in [3.63, 3.8) is 0 Å². The number of nitrogens with zero attached hydrogens (tertiary/aromatic N) is 2. The van der Waals surface area contributed by atoms with Crippen molar-refractivity contribution < 1.29 is 23.8 Å². The topological polar surface area (TPSA) is 85.0 Å². The Morgan fingerprint density at radius 3 is 2.21 bits per heavy atom. The number of carboxylic acid groups (broad SMARTS) is 1. The van der Waals surface area contributed by atoms with Crippen LogP contribution in [0.1, 0.15) is 28.1 Å².